The Kier molecular flexibility index (Phi) is 25.2. The summed E-state index contributed by atoms with van der Waals surface area (Å²) in [5, 5.41) is 0. The molecule has 0 spiro atoms. The SMILES string of the molecule is CC.CC.CC.CC.CC(C)(C)Cc1ccccc1.CC1(C)CCC(Cc2ccccc2)CC1. The standard InChI is InChI=1S/C15H22.C11H16.4C2H6/c1-15(2)10-8-14(9-11-15)12-13-6-4-3-5-7-13;1-11(2,3)9-10-7-5-4-6-8-10;4*1-2/h3-7,14H,8-12H2,1-2H3;4-8H,9H2,1-3H3;4*1-2H3. The van der Waals surface area contributed by atoms with Crippen molar-refractivity contribution in [2.75, 3.05) is 0 Å². The van der Waals surface area contributed by atoms with Gasteiger partial charge in [0.05, 0.1) is 0 Å². The molecule has 0 saturated heterocycles. The lowest BCUT2D eigenvalue weighted by Gasteiger charge is -2.34. The summed E-state index contributed by atoms with van der Waals surface area (Å²) in [5.74, 6) is 0.931. The molecule has 0 unspecified atom stereocenters. The number of rotatable bonds is 3. The minimum Gasteiger partial charge on any atom is -0.0683 e. The molecule has 0 amide bonds. The van der Waals surface area contributed by atoms with Crippen molar-refractivity contribution < 1.29 is 0 Å². The molecule has 3 rings (SSSR count). The van der Waals surface area contributed by atoms with E-state index in [1.54, 1.807) is 0 Å². The molecule has 0 atom stereocenters. The molecule has 1 saturated carbocycles. The molecule has 0 aromatic heterocycles. The first-order valence-corrected chi connectivity index (χ1v) is 14.3. The average Bonchev–Trinajstić information content (AvgIpc) is 2.86. The van der Waals surface area contributed by atoms with Gasteiger partial charge in [0.2, 0.25) is 0 Å². The Balaban J connectivity index is -0.000000448. The highest BCUT2D eigenvalue weighted by atomic mass is 14.3. The summed E-state index contributed by atoms with van der Waals surface area (Å²) in [6, 6.07) is 21.6. The van der Waals surface area contributed by atoms with Gasteiger partial charge in [-0.3, -0.25) is 0 Å². The van der Waals surface area contributed by atoms with E-state index in [1.807, 2.05) is 55.4 Å². The van der Waals surface area contributed by atoms with Gasteiger partial charge in [-0.1, -0.05) is 151 Å². The molecule has 2 aromatic rings. The van der Waals surface area contributed by atoms with Gasteiger partial charge in [0, 0.05) is 0 Å². The minimum atomic E-state index is 0.404. The van der Waals surface area contributed by atoms with Gasteiger partial charge in [0.25, 0.3) is 0 Å². The third-order valence-electron chi connectivity index (χ3n) is 5.40. The lowest BCUT2D eigenvalue weighted by Crippen LogP contribution is -2.22. The van der Waals surface area contributed by atoms with E-state index in [9.17, 15) is 0 Å². The molecular formula is C34H62. The highest BCUT2D eigenvalue weighted by molar-refractivity contribution is 5.16. The van der Waals surface area contributed by atoms with Crippen molar-refractivity contribution in [3.05, 3.63) is 71.8 Å². The van der Waals surface area contributed by atoms with Crippen LogP contribution in [0, 0.1) is 16.7 Å². The van der Waals surface area contributed by atoms with Gasteiger partial charge < -0.3 is 0 Å². The smallest absolute Gasteiger partial charge is 0.0230 e. The molecule has 1 aliphatic carbocycles. The molecule has 34 heavy (non-hydrogen) atoms. The highest BCUT2D eigenvalue weighted by Gasteiger charge is 2.26. The summed E-state index contributed by atoms with van der Waals surface area (Å²) in [7, 11) is 0. The summed E-state index contributed by atoms with van der Waals surface area (Å²) in [6.07, 6.45) is 8.10. The predicted molar refractivity (Wildman–Crippen MR) is 161 cm³/mol. The first-order valence-electron chi connectivity index (χ1n) is 14.3. The highest BCUT2D eigenvalue weighted by Crippen LogP contribution is 2.39. The molecule has 0 bridgehead atoms. The maximum Gasteiger partial charge on any atom is -0.0230 e. The Bertz CT molecular complexity index is 606. The fraction of sp³-hybridized carbons (Fsp3) is 0.647. The Morgan fingerprint density at radius 1 is 0.618 bits per heavy atom. The topological polar surface area (TPSA) is 0 Å². The number of hydrogen-bond acceptors (Lipinski definition) is 0. The van der Waals surface area contributed by atoms with Gasteiger partial charge >= 0.3 is 0 Å². The van der Waals surface area contributed by atoms with Gasteiger partial charge in [-0.25, -0.2) is 0 Å². The van der Waals surface area contributed by atoms with Crippen LogP contribution in [-0.2, 0) is 12.8 Å². The molecule has 0 nitrogen and oxygen atoms in total. The number of benzene rings is 2. The number of hydrogen-bond donors (Lipinski definition) is 0. The Morgan fingerprint density at radius 3 is 1.32 bits per heavy atom. The van der Waals surface area contributed by atoms with Gasteiger partial charge in [0.1, 0.15) is 0 Å². The largest absolute Gasteiger partial charge is 0.0683 e. The van der Waals surface area contributed by atoms with Gasteiger partial charge in [-0.05, 0) is 66.4 Å². The van der Waals surface area contributed by atoms with E-state index in [2.05, 4.69) is 95.3 Å². The summed E-state index contributed by atoms with van der Waals surface area (Å²) in [5.41, 5.74) is 3.95. The van der Waals surface area contributed by atoms with Crippen molar-refractivity contribution >= 4 is 0 Å². The van der Waals surface area contributed by atoms with Crippen LogP contribution in [0.4, 0.5) is 0 Å². The Labute approximate surface area is 217 Å². The fourth-order valence-corrected chi connectivity index (χ4v) is 3.82. The monoisotopic (exact) mass is 470 g/mol. The minimum absolute atomic E-state index is 0.404. The van der Waals surface area contributed by atoms with E-state index in [0.717, 1.165) is 12.3 Å². The molecule has 0 heterocycles. The van der Waals surface area contributed by atoms with Crippen LogP contribution in [0.3, 0.4) is 0 Å². The third-order valence-corrected chi connectivity index (χ3v) is 5.40. The molecule has 0 aliphatic heterocycles. The Morgan fingerprint density at radius 2 is 0.971 bits per heavy atom. The molecule has 0 N–H and O–H groups in total. The molecule has 198 valence electrons. The van der Waals surface area contributed by atoms with Gasteiger partial charge in [-0.15, -0.1) is 0 Å². The van der Waals surface area contributed by atoms with Gasteiger partial charge in [-0.2, -0.15) is 0 Å². The normalized spacial score (nSPS) is 13.9. The fourth-order valence-electron chi connectivity index (χ4n) is 3.82. The van der Waals surface area contributed by atoms with Crippen molar-refractivity contribution in [3.8, 4) is 0 Å². The van der Waals surface area contributed by atoms with Crippen molar-refractivity contribution in [2.24, 2.45) is 16.7 Å². The molecule has 2 aromatic carbocycles. The van der Waals surface area contributed by atoms with E-state index < -0.39 is 0 Å². The molecule has 1 fully saturated rings. The lowest BCUT2D eigenvalue weighted by molar-refractivity contribution is 0.191. The summed E-state index contributed by atoms with van der Waals surface area (Å²) >= 11 is 0. The van der Waals surface area contributed by atoms with Crippen LogP contribution in [0.15, 0.2) is 60.7 Å². The first-order chi connectivity index (χ1) is 16.2. The third kappa shape index (κ3) is 21.0. The average molecular weight is 471 g/mol. The maximum atomic E-state index is 2.41. The lowest BCUT2D eigenvalue weighted by atomic mass is 9.72. The van der Waals surface area contributed by atoms with Crippen LogP contribution in [0.1, 0.15) is 127 Å². The zero-order valence-electron chi connectivity index (χ0n) is 25.6. The first kappa shape index (κ1) is 37.0. The summed E-state index contributed by atoms with van der Waals surface area (Å²) in [4.78, 5) is 0. The summed E-state index contributed by atoms with van der Waals surface area (Å²) < 4.78 is 0. The zero-order valence-corrected chi connectivity index (χ0v) is 25.6. The van der Waals surface area contributed by atoms with Crippen LogP contribution in [-0.4, -0.2) is 0 Å². The van der Waals surface area contributed by atoms with Crippen LogP contribution in [0.2, 0.25) is 0 Å². The quantitative estimate of drug-likeness (QED) is 0.418. The maximum absolute atomic E-state index is 2.41. The van der Waals surface area contributed by atoms with Gasteiger partial charge in [0.15, 0.2) is 0 Å². The van der Waals surface area contributed by atoms with Crippen molar-refractivity contribution in [1.29, 1.82) is 0 Å². The van der Waals surface area contributed by atoms with Crippen molar-refractivity contribution in [3.63, 3.8) is 0 Å². The van der Waals surface area contributed by atoms with E-state index in [1.165, 1.54) is 43.2 Å². The summed E-state index contributed by atoms with van der Waals surface area (Å²) in [6.45, 7) is 27.6. The molecule has 1 aliphatic rings. The Hall–Kier alpha value is -1.56. The van der Waals surface area contributed by atoms with E-state index >= 15 is 0 Å². The molecular weight excluding hydrogens is 408 g/mol. The van der Waals surface area contributed by atoms with Crippen LogP contribution < -0.4 is 0 Å². The van der Waals surface area contributed by atoms with Crippen LogP contribution in [0.25, 0.3) is 0 Å². The second kappa shape index (κ2) is 23.2. The second-order valence-electron chi connectivity index (χ2n) is 10.0. The predicted octanol–water partition coefficient (Wildman–Crippen LogP) is 11.8. The van der Waals surface area contributed by atoms with Crippen molar-refractivity contribution in [1.82, 2.24) is 0 Å². The van der Waals surface area contributed by atoms with Crippen LogP contribution >= 0.6 is 0 Å². The zero-order chi connectivity index (χ0) is 27.0. The van der Waals surface area contributed by atoms with E-state index in [4.69, 9.17) is 0 Å². The van der Waals surface area contributed by atoms with E-state index in [0.29, 0.717) is 10.8 Å². The molecule has 0 heteroatoms. The molecule has 0 radical (unpaired) electrons. The van der Waals surface area contributed by atoms with Crippen LogP contribution in [0.5, 0.6) is 0 Å². The second-order valence-corrected chi connectivity index (χ2v) is 10.0. The van der Waals surface area contributed by atoms with E-state index in [-0.39, 0.29) is 0 Å². The van der Waals surface area contributed by atoms with Crippen molar-refractivity contribution in [2.45, 2.75) is 129 Å².